The second-order valence-electron chi connectivity index (χ2n) is 8.29. The summed E-state index contributed by atoms with van der Waals surface area (Å²) in [7, 11) is 0.739. The van der Waals surface area contributed by atoms with Gasteiger partial charge in [-0.2, -0.15) is 5.10 Å². The lowest BCUT2D eigenvalue weighted by Crippen LogP contribution is -2.28. The zero-order valence-corrected chi connectivity index (χ0v) is 20.7. The van der Waals surface area contributed by atoms with Crippen LogP contribution in [-0.2, 0) is 36.3 Å². The first kappa shape index (κ1) is 23.8. The van der Waals surface area contributed by atoms with Crippen LogP contribution < -0.4 is 19.8 Å². The number of nitrogens with zero attached hydrogens (tertiary/aromatic N) is 2. The van der Waals surface area contributed by atoms with Crippen LogP contribution in [0.3, 0.4) is 0 Å². The summed E-state index contributed by atoms with van der Waals surface area (Å²) >= 11 is 0. The smallest absolute Gasteiger partial charge is 0.269 e. The topological polar surface area (TPSA) is 99.5 Å². The lowest BCUT2D eigenvalue weighted by atomic mass is 9.89. The van der Waals surface area contributed by atoms with Crippen molar-refractivity contribution < 1.29 is 17.9 Å². The molecule has 2 aromatic carbocycles. The average molecular weight is 484 g/mol. The Morgan fingerprint density at radius 3 is 2.38 bits per heavy atom. The Labute approximate surface area is 199 Å². The van der Waals surface area contributed by atoms with Crippen LogP contribution in [0.5, 0.6) is 11.5 Å². The Kier molecular flexibility index (Phi) is 6.65. The fourth-order valence-corrected chi connectivity index (χ4v) is 5.83. The maximum absolute atomic E-state index is 13.5. The highest BCUT2D eigenvalue weighted by Gasteiger charge is 2.24. The summed E-state index contributed by atoms with van der Waals surface area (Å²) in [6, 6.07) is 10.2. The lowest BCUT2D eigenvalue weighted by molar-refractivity contribution is 0.355. The molecule has 3 aromatic rings. The van der Waals surface area contributed by atoms with Crippen molar-refractivity contribution in [3.8, 4) is 22.8 Å². The SMILES string of the molecule is CCc1ccc(-c2nn(C)c(=O)c3c2CCCC3)cc1S(=O)(=O)Nc1ccc(OC)c(OC)c1. The molecule has 0 fully saturated rings. The molecule has 0 unspecified atom stereocenters. The fourth-order valence-electron chi connectivity index (χ4n) is 4.44. The van der Waals surface area contributed by atoms with Gasteiger partial charge in [0, 0.05) is 24.2 Å². The normalized spacial score (nSPS) is 13.3. The van der Waals surface area contributed by atoms with Crippen molar-refractivity contribution in [1.82, 2.24) is 9.78 Å². The van der Waals surface area contributed by atoms with Crippen molar-refractivity contribution in [3.63, 3.8) is 0 Å². The minimum Gasteiger partial charge on any atom is -0.493 e. The molecule has 34 heavy (non-hydrogen) atoms. The third kappa shape index (κ3) is 4.40. The van der Waals surface area contributed by atoms with Crippen molar-refractivity contribution in [2.24, 2.45) is 7.05 Å². The van der Waals surface area contributed by atoms with E-state index >= 15 is 0 Å². The van der Waals surface area contributed by atoms with E-state index in [-0.39, 0.29) is 10.5 Å². The number of aromatic nitrogens is 2. The predicted octanol–water partition coefficient (Wildman–Crippen LogP) is 3.71. The molecular formula is C25H29N3O5S. The summed E-state index contributed by atoms with van der Waals surface area (Å²) in [5.74, 6) is 0.931. The number of hydrogen-bond acceptors (Lipinski definition) is 6. The number of anilines is 1. The van der Waals surface area contributed by atoms with E-state index in [1.165, 1.54) is 18.9 Å². The van der Waals surface area contributed by atoms with Crippen LogP contribution in [0.1, 0.15) is 36.5 Å². The van der Waals surface area contributed by atoms with Crippen molar-refractivity contribution in [2.75, 3.05) is 18.9 Å². The summed E-state index contributed by atoms with van der Waals surface area (Å²) in [4.78, 5) is 12.8. The summed E-state index contributed by atoms with van der Waals surface area (Å²) < 4.78 is 41.5. The number of hydrogen-bond donors (Lipinski definition) is 1. The molecule has 4 rings (SSSR count). The highest BCUT2D eigenvalue weighted by molar-refractivity contribution is 7.92. The molecule has 0 spiro atoms. The zero-order valence-electron chi connectivity index (χ0n) is 19.8. The standard InChI is InChI=1S/C25H29N3O5S/c1-5-16-10-11-17(24-19-8-6-7-9-20(19)25(29)28(2)26-24)14-23(16)34(30,31)27-18-12-13-21(32-3)22(15-18)33-4/h10-15,27H,5-9H2,1-4H3. The summed E-state index contributed by atoms with van der Waals surface area (Å²) in [5.41, 5.74) is 4.03. The van der Waals surface area contributed by atoms with E-state index in [0.29, 0.717) is 40.4 Å². The van der Waals surface area contributed by atoms with Gasteiger partial charge >= 0.3 is 0 Å². The Balaban J connectivity index is 1.80. The number of fused-ring (bicyclic) bond motifs is 1. The Hall–Kier alpha value is -3.33. The first-order valence-corrected chi connectivity index (χ1v) is 12.7. The Bertz CT molecular complexity index is 1400. The van der Waals surface area contributed by atoms with E-state index < -0.39 is 10.0 Å². The zero-order chi connectivity index (χ0) is 24.5. The van der Waals surface area contributed by atoms with E-state index in [2.05, 4.69) is 9.82 Å². The average Bonchev–Trinajstić information content (AvgIpc) is 2.85. The van der Waals surface area contributed by atoms with Gasteiger partial charge in [0.2, 0.25) is 0 Å². The van der Waals surface area contributed by atoms with Gasteiger partial charge in [-0.15, -0.1) is 0 Å². The second-order valence-corrected chi connectivity index (χ2v) is 9.94. The molecule has 180 valence electrons. The van der Waals surface area contributed by atoms with Crippen LogP contribution in [0.15, 0.2) is 46.1 Å². The van der Waals surface area contributed by atoms with E-state index in [1.807, 2.05) is 19.1 Å². The number of nitrogens with one attached hydrogen (secondary N) is 1. The molecule has 1 heterocycles. The van der Waals surface area contributed by atoms with E-state index in [0.717, 1.165) is 36.8 Å². The van der Waals surface area contributed by atoms with Crippen molar-refractivity contribution in [1.29, 1.82) is 0 Å². The van der Waals surface area contributed by atoms with E-state index in [9.17, 15) is 13.2 Å². The molecule has 0 radical (unpaired) electrons. The van der Waals surface area contributed by atoms with Gasteiger partial charge < -0.3 is 9.47 Å². The first-order chi connectivity index (χ1) is 16.3. The van der Waals surface area contributed by atoms with Crippen molar-refractivity contribution in [2.45, 2.75) is 43.9 Å². The number of rotatable bonds is 7. The molecule has 0 aliphatic heterocycles. The number of ether oxygens (including phenoxy) is 2. The molecule has 0 amide bonds. The largest absolute Gasteiger partial charge is 0.493 e. The molecule has 0 bridgehead atoms. The molecule has 0 saturated carbocycles. The molecule has 9 heteroatoms. The second kappa shape index (κ2) is 9.50. The molecule has 1 aromatic heterocycles. The minimum atomic E-state index is -3.91. The Morgan fingerprint density at radius 2 is 1.71 bits per heavy atom. The molecule has 1 aliphatic rings. The van der Waals surface area contributed by atoms with Gasteiger partial charge in [-0.1, -0.05) is 19.1 Å². The van der Waals surface area contributed by atoms with Crippen LogP contribution in [0.4, 0.5) is 5.69 Å². The number of methoxy groups -OCH3 is 2. The van der Waals surface area contributed by atoms with Gasteiger partial charge in [-0.05, 0) is 61.4 Å². The van der Waals surface area contributed by atoms with Gasteiger partial charge in [0.25, 0.3) is 15.6 Å². The molecule has 1 N–H and O–H groups in total. The monoisotopic (exact) mass is 483 g/mol. The van der Waals surface area contributed by atoms with Crippen molar-refractivity contribution >= 4 is 15.7 Å². The van der Waals surface area contributed by atoms with Gasteiger partial charge in [0.1, 0.15) is 0 Å². The maximum atomic E-state index is 13.5. The first-order valence-electron chi connectivity index (χ1n) is 11.3. The van der Waals surface area contributed by atoms with Gasteiger partial charge in [0.05, 0.1) is 30.5 Å². The van der Waals surface area contributed by atoms with Gasteiger partial charge in [0.15, 0.2) is 11.5 Å². The van der Waals surface area contributed by atoms with E-state index in [1.54, 1.807) is 31.3 Å². The number of sulfonamides is 1. The molecular weight excluding hydrogens is 454 g/mol. The van der Waals surface area contributed by atoms with Crippen LogP contribution in [-0.4, -0.2) is 32.4 Å². The van der Waals surface area contributed by atoms with Crippen LogP contribution in [0, 0.1) is 0 Å². The highest BCUT2D eigenvalue weighted by Crippen LogP contribution is 2.33. The van der Waals surface area contributed by atoms with Crippen LogP contribution in [0.25, 0.3) is 11.3 Å². The maximum Gasteiger partial charge on any atom is 0.269 e. The molecule has 0 saturated heterocycles. The third-order valence-corrected chi connectivity index (χ3v) is 7.67. The van der Waals surface area contributed by atoms with Crippen LogP contribution >= 0.6 is 0 Å². The third-order valence-electron chi connectivity index (χ3n) is 6.20. The quantitative estimate of drug-likeness (QED) is 0.550. The number of benzene rings is 2. The predicted molar refractivity (Wildman–Crippen MR) is 131 cm³/mol. The molecule has 1 aliphatic carbocycles. The van der Waals surface area contributed by atoms with Gasteiger partial charge in [-0.25, -0.2) is 13.1 Å². The summed E-state index contributed by atoms with van der Waals surface area (Å²) in [6.07, 6.45) is 3.97. The van der Waals surface area contributed by atoms with Gasteiger partial charge in [-0.3, -0.25) is 9.52 Å². The molecule has 8 nitrogen and oxygen atoms in total. The van der Waals surface area contributed by atoms with E-state index in [4.69, 9.17) is 9.47 Å². The lowest BCUT2D eigenvalue weighted by Gasteiger charge is -2.20. The number of aryl methyl sites for hydroxylation is 2. The fraction of sp³-hybridized carbons (Fsp3) is 0.360. The van der Waals surface area contributed by atoms with Crippen molar-refractivity contribution in [3.05, 3.63) is 63.4 Å². The minimum absolute atomic E-state index is 0.0772. The summed E-state index contributed by atoms with van der Waals surface area (Å²) in [6.45, 7) is 1.91. The molecule has 0 atom stereocenters. The highest BCUT2D eigenvalue weighted by atomic mass is 32.2. The summed E-state index contributed by atoms with van der Waals surface area (Å²) in [5, 5.41) is 4.52. The Morgan fingerprint density at radius 1 is 1.00 bits per heavy atom. The van der Waals surface area contributed by atoms with Crippen LogP contribution in [0.2, 0.25) is 0 Å².